The van der Waals surface area contributed by atoms with Crippen LogP contribution in [0.4, 0.5) is 17.3 Å². The average Bonchev–Trinajstić information content (AvgIpc) is 2.85. The van der Waals surface area contributed by atoms with Gasteiger partial charge in [-0.2, -0.15) is 0 Å². The Bertz CT molecular complexity index is 1210. The number of ether oxygens (including phenoxy) is 1. The van der Waals surface area contributed by atoms with Crippen molar-refractivity contribution in [3.63, 3.8) is 0 Å². The predicted molar refractivity (Wildman–Crippen MR) is 130 cm³/mol. The number of hydrogen-bond acceptors (Lipinski definition) is 7. The van der Waals surface area contributed by atoms with Gasteiger partial charge in [0.15, 0.2) is 11.0 Å². The number of carbonyl (C=O) groups is 1. The highest BCUT2D eigenvalue weighted by Gasteiger charge is 2.21. The van der Waals surface area contributed by atoms with Crippen molar-refractivity contribution in [3.05, 3.63) is 64.3 Å². The summed E-state index contributed by atoms with van der Waals surface area (Å²) in [5, 5.41) is 3.33. The van der Waals surface area contributed by atoms with Crippen molar-refractivity contribution in [2.24, 2.45) is 0 Å². The molecule has 2 aromatic carbocycles. The van der Waals surface area contributed by atoms with Crippen LogP contribution in [0.25, 0.3) is 11.0 Å². The molecule has 8 heteroatoms. The molecule has 0 radical (unpaired) electrons. The van der Waals surface area contributed by atoms with Crippen molar-refractivity contribution in [2.45, 2.75) is 0 Å². The summed E-state index contributed by atoms with van der Waals surface area (Å²) in [6.45, 7) is 6.29. The Kier molecular flexibility index (Phi) is 6.02. The summed E-state index contributed by atoms with van der Waals surface area (Å²) in [5.41, 5.74) is 2.59. The molecular formula is C25H28N4O4. The molecule has 2 aliphatic heterocycles. The number of rotatable bonds is 4. The van der Waals surface area contributed by atoms with E-state index in [-0.39, 0.29) is 17.2 Å². The van der Waals surface area contributed by atoms with Crippen LogP contribution in [0.5, 0.6) is 0 Å². The zero-order chi connectivity index (χ0) is 22.8. The van der Waals surface area contributed by atoms with Crippen LogP contribution in [0.2, 0.25) is 0 Å². The number of morpholine rings is 1. The van der Waals surface area contributed by atoms with Crippen LogP contribution in [-0.2, 0) is 4.74 Å². The topological polar surface area (TPSA) is 78.3 Å². The maximum atomic E-state index is 13.2. The van der Waals surface area contributed by atoms with Gasteiger partial charge in [0.25, 0.3) is 5.91 Å². The highest BCUT2D eigenvalue weighted by Crippen LogP contribution is 2.29. The van der Waals surface area contributed by atoms with Crippen molar-refractivity contribution in [1.82, 2.24) is 4.90 Å². The zero-order valence-electron chi connectivity index (χ0n) is 18.8. The van der Waals surface area contributed by atoms with Crippen molar-refractivity contribution in [2.75, 3.05) is 74.6 Å². The lowest BCUT2D eigenvalue weighted by molar-refractivity contribution is 0.102. The first-order chi connectivity index (χ1) is 16.1. The highest BCUT2D eigenvalue weighted by molar-refractivity contribution is 6.08. The Labute approximate surface area is 192 Å². The third-order valence-corrected chi connectivity index (χ3v) is 6.32. The van der Waals surface area contributed by atoms with Gasteiger partial charge in [0.05, 0.1) is 29.9 Å². The second-order valence-corrected chi connectivity index (χ2v) is 8.49. The van der Waals surface area contributed by atoms with Gasteiger partial charge in [0, 0.05) is 51.0 Å². The van der Waals surface area contributed by atoms with Crippen LogP contribution in [0.15, 0.2) is 57.7 Å². The highest BCUT2D eigenvalue weighted by atomic mass is 16.5. The van der Waals surface area contributed by atoms with Gasteiger partial charge < -0.3 is 23.9 Å². The van der Waals surface area contributed by atoms with Crippen LogP contribution in [0.3, 0.4) is 0 Å². The van der Waals surface area contributed by atoms with E-state index in [4.69, 9.17) is 9.15 Å². The summed E-state index contributed by atoms with van der Waals surface area (Å²) in [5.74, 6) is -0.160. The smallest absolute Gasteiger partial charge is 0.260 e. The molecule has 2 aliphatic rings. The first-order valence-electron chi connectivity index (χ1n) is 11.3. The maximum Gasteiger partial charge on any atom is 0.260 e. The molecule has 0 atom stereocenters. The number of amides is 1. The van der Waals surface area contributed by atoms with Crippen molar-refractivity contribution in [1.29, 1.82) is 0 Å². The van der Waals surface area contributed by atoms with Gasteiger partial charge in [0.2, 0.25) is 5.88 Å². The molecule has 8 nitrogen and oxygen atoms in total. The zero-order valence-corrected chi connectivity index (χ0v) is 18.8. The number of hydrogen-bond donors (Lipinski definition) is 1. The number of para-hydroxylation sites is 2. The van der Waals surface area contributed by atoms with Crippen LogP contribution >= 0.6 is 0 Å². The molecule has 3 aromatic rings. The molecule has 1 amide bonds. The van der Waals surface area contributed by atoms with E-state index >= 15 is 0 Å². The quantitative estimate of drug-likeness (QED) is 0.657. The van der Waals surface area contributed by atoms with Crippen molar-refractivity contribution >= 4 is 34.1 Å². The summed E-state index contributed by atoms with van der Waals surface area (Å²) >= 11 is 0. The summed E-state index contributed by atoms with van der Waals surface area (Å²) in [4.78, 5) is 32.7. The second-order valence-electron chi connectivity index (χ2n) is 8.49. The summed E-state index contributed by atoms with van der Waals surface area (Å²) in [6.07, 6.45) is 0. The van der Waals surface area contributed by atoms with Gasteiger partial charge in [-0.1, -0.05) is 18.2 Å². The second kappa shape index (κ2) is 9.25. The predicted octanol–water partition coefficient (Wildman–Crippen LogP) is 2.63. The number of nitrogens with one attached hydrogen (secondary N) is 1. The summed E-state index contributed by atoms with van der Waals surface area (Å²) in [7, 11) is 2.10. The molecule has 2 fully saturated rings. The normalized spacial score (nSPS) is 17.4. The lowest BCUT2D eigenvalue weighted by Crippen LogP contribution is -2.44. The molecule has 5 rings (SSSR count). The standard InChI is InChI=1S/C25H28N4O4/c1-27-9-11-28(12-10-27)21-8-4-6-19-22(30)17-23(33-24(19)21)26-25(31)18-5-2-3-7-20(18)29-13-15-32-16-14-29/h2-8,17H,9-16H2,1H3,(H,26,31). The molecule has 1 aromatic heterocycles. The van der Waals surface area contributed by atoms with Gasteiger partial charge in [-0.25, -0.2) is 0 Å². The molecule has 1 N–H and O–H groups in total. The monoisotopic (exact) mass is 448 g/mol. The molecule has 0 bridgehead atoms. The molecule has 172 valence electrons. The number of piperazine rings is 1. The third-order valence-electron chi connectivity index (χ3n) is 6.32. The Morgan fingerprint density at radius 3 is 2.36 bits per heavy atom. The fraction of sp³-hybridized carbons (Fsp3) is 0.360. The molecule has 0 unspecified atom stereocenters. The van der Waals surface area contributed by atoms with E-state index in [1.807, 2.05) is 30.3 Å². The third kappa shape index (κ3) is 4.44. The molecule has 0 spiro atoms. The van der Waals surface area contributed by atoms with Gasteiger partial charge in [0.1, 0.15) is 0 Å². The number of likely N-dealkylation sites (N-methyl/N-ethyl adjacent to an activating group) is 1. The largest absolute Gasteiger partial charge is 0.438 e. The molecule has 0 aliphatic carbocycles. The number of anilines is 3. The average molecular weight is 449 g/mol. The lowest BCUT2D eigenvalue weighted by atomic mass is 10.1. The number of fused-ring (bicyclic) bond motifs is 1. The first kappa shape index (κ1) is 21.5. The van der Waals surface area contributed by atoms with Gasteiger partial charge >= 0.3 is 0 Å². The van der Waals surface area contributed by atoms with Crippen LogP contribution in [0.1, 0.15) is 10.4 Å². The van der Waals surface area contributed by atoms with E-state index in [2.05, 4.69) is 27.1 Å². The van der Waals surface area contributed by atoms with Crippen LogP contribution in [0, 0.1) is 0 Å². The number of benzene rings is 2. The minimum Gasteiger partial charge on any atom is -0.438 e. The van der Waals surface area contributed by atoms with Gasteiger partial charge in [-0.15, -0.1) is 0 Å². The minimum atomic E-state index is -0.309. The van der Waals surface area contributed by atoms with E-state index in [1.54, 1.807) is 12.1 Å². The Morgan fingerprint density at radius 1 is 0.879 bits per heavy atom. The molecule has 0 saturated carbocycles. The Balaban J connectivity index is 1.46. The van der Waals surface area contributed by atoms with E-state index in [0.29, 0.717) is 29.7 Å². The maximum absolute atomic E-state index is 13.2. The van der Waals surface area contributed by atoms with Gasteiger partial charge in [-0.3, -0.25) is 14.9 Å². The summed E-state index contributed by atoms with van der Waals surface area (Å²) < 4.78 is 11.6. The van der Waals surface area contributed by atoms with E-state index in [1.165, 1.54) is 6.07 Å². The lowest BCUT2D eigenvalue weighted by Gasteiger charge is -2.34. The van der Waals surface area contributed by atoms with Crippen molar-refractivity contribution < 1.29 is 13.9 Å². The van der Waals surface area contributed by atoms with Crippen LogP contribution in [-0.4, -0.2) is 70.3 Å². The van der Waals surface area contributed by atoms with E-state index in [9.17, 15) is 9.59 Å². The van der Waals surface area contributed by atoms with E-state index in [0.717, 1.165) is 50.6 Å². The number of nitrogens with zero attached hydrogens (tertiary/aromatic N) is 3. The fourth-order valence-electron chi connectivity index (χ4n) is 4.45. The Hall–Kier alpha value is -3.36. The molecule has 3 heterocycles. The Morgan fingerprint density at radius 2 is 1.58 bits per heavy atom. The molecule has 33 heavy (non-hydrogen) atoms. The molecular weight excluding hydrogens is 420 g/mol. The van der Waals surface area contributed by atoms with Crippen molar-refractivity contribution in [3.8, 4) is 0 Å². The number of carbonyl (C=O) groups excluding carboxylic acids is 1. The minimum absolute atomic E-state index is 0.149. The fourth-order valence-corrected chi connectivity index (χ4v) is 4.45. The molecule has 2 saturated heterocycles. The SMILES string of the molecule is CN1CCN(c2cccc3c(=O)cc(NC(=O)c4ccccc4N4CCOCC4)oc23)CC1. The van der Waals surface area contributed by atoms with Gasteiger partial charge in [-0.05, 0) is 31.3 Å². The first-order valence-corrected chi connectivity index (χ1v) is 11.3. The van der Waals surface area contributed by atoms with E-state index < -0.39 is 0 Å². The van der Waals surface area contributed by atoms with Crippen LogP contribution < -0.4 is 20.5 Å². The summed E-state index contributed by atoms with van der Waals surface area (Å²) in [6, 6.07) is 14.4.